The molecule has 1 aliphatic rings. The lowest BCUT2D eigenvalue weighted by Crippen LogP contribution is -3.11. The molecule has 28 heavy (non-hydrogen) atoms. The normalized spacial score (nSPS) is 16.6. The summed E-state index contributed by atoms with van der Waals surface area (Å²) in [5, 5.41) is 4.80. The summed E-state index contributed by atoms with van der Waals surface area (Å²) in [5.74, 6) is 1.72. The van der Waals surface area contributed by atoms with Crippen molar-refractivity contribution in [2.75, 3.05) is 20.2 Å². The SMILES string of the molecule is COc1ccc(-c2nn(C[NH+]3CC=C(c4ccccc4)CC3)c(=S)n2C)cc1. The number of methoxy groups -OCH3 is 1. The van der Waals surface area contributed by atoms with E-state index in [0.29, 0.717) is 0 Å². The van der Waals surface area contributed by atoms with Crippen molar-refractivity contribution >= 4 is 17.8 Å². The largest absolute Gasteiger partial charge is 0.497 e. The van der Waals surface area contributed by atoms with E-state index in [0.717, 1.165) is 48.1 Å². The molecule has 1 aliphatic heterocycles. The van der Waals surface area contributed by atoms with Crippen molar-refractivity contribution in [3.63, 3.8) is 0 Å². The zero-order valence-corrected chi connectivity index (χ0v) is 17.1. The average Bonchev–Trinajstić information content (AvgIpc) is 3.03. The van der Waals surface area contributed by atoms with Crippen LogP contribution in [-0.4, -0.2) is 34.5 Å². The van der Waals surface area contributed by atoms with Crippen LogP contribution < -0.4 is 9.64 Å². The Morgan fingerprint density at radius 3 is 2.46 bits per heavy atom. The third-order valence-electron chi connectivity index (χ3n) is 5.29. The molecule has 0 bridgehead atoms. The van der Waals surface area contributed by atoms with E-state index in [9.17, 15) is 0 Å². The minimum atomic E-state index is 0.746. The smallest absolute Gasteiger partial charge is 0.202 e. The van der Waals surface area contributed by atoms with Gasteiger partial charge in [0.2, 0.25) is 4.77 Å². The maximum absolute atomic E-state index is 5.64. The Morgan fingerprint density at radius 2 is 1.82 bits per heavy atom. The molecule has 0 saturated carbocycles. The van der Waals surface area contributed by atoms with E-state index in [2.05, 4.69) is 36.4 Å². The van der Waals surface area contributed by atoms with Gasteiger partial charge in [-0.3, -0.25) is 0 Å². The van der Waals surface area contributed by atoms with Crippen molar-refractivity contribution in [1.29, 1.82) is 0 Å². The zero-order chi connectivity index (χ0) is 19.5. The second-order valence-electron chi connectivity index (χ2n) is 7.10. The van der Waals surface area contributed by atoms with Crippen LogP contribution in [0.2, 0.25) is 0 Å². The minimum absolute atomic E-state index is 0.746. The van der Waals surface area contributed by atoms with Crippen molar-refractivity contribution in [2.24, 2.45) is 7.05 Å². The fraction of sp³-hybridized carbons (Fsp3) is 0.273. The summed E-state index contributed by atoms with van der Waals surface area (Å²) in [6, 6.07) is 18.6. The first-order chi connectivity index (χ1) is 13.7. The number of nitrogens with zero attached hydrogens (tertiary/aromatic N) is 3. The van der Waals surface area contributed by atoms with Gasteiger partial charge in [-0.2, -0.15) is 4.68 Å². The van der Waals surface area contributed by atoms with Crippen LogP contribution in [-0.2, 0) is 13.7 Å². The Balaban J connectivity index is 1.50. The molecule has 1 N–H and O–H groups in total. The standard InChI is InChI=1S/C22H24N4OS/c1-24-21(19-8-10-20(27-2)11-9-19)23-26(22(24)28)16-25-14-12-18(13-15-25)17-6-4-3-5-7-17/h3-12H,13-16H2,1-2H3/p+1. The lowest BCUT2D eigenvalue weighted by Gasteiger charge is -2.23. The number of ether oxygens (including phenoxy) is 1. The van der Waals surface area contributed by atoms with Crippen molar-refractivity contribution in [3.05, 3.63) is 71.0 Å². The van der Waals surface area contributed by atoms with Gasteiger partial charge in [0.25, 0.3) is 0 Å². The summed E-state index contributed by atoms with van der Waals surface area (Å²) in [6.07, 6.45) is 3.43. The van der Waals surface area contributed by atoms with E-state index in [1.54, 1.807) is 7.11 Å². The Morgan fingerprint density at radius 1 is 1.07 bits per heavy atom. The molecule has 0 spiro atoms. The van der Waals surface area contributed by atoms with Crippen LogP contribution in [0.1, 0.15) is 12.0 Å². The van der Waals surface area contributed by atoms with Crippen LogP contribution in [0.3, 0.4) is 0 Å². The maximum atomic E-state index is 5.64. The van der Waals surface area contributed by atoms with E-state index >= 15 is 0 Å². The minimum Gasteiger partial charge on any atom is -0.497 e. The third kappa shape index (κ3) is 3.79. The monoisotopic (exact) mass is 393 g/mol. The van der Waals surface area contributed by atoms with E-state index in [1.165, 1.54) is 16.0 Å². The Hall–Kier alpha value is -2.70. The molecular formula is C22H25N4OS+. The highest BCUT2D eigenvalue weighted by molar-refractivity contribution is 7.71. The molecular weight excluding hydrogens is 368 g/mol. The van der Waals surface area contributed by atoms with Crippen LogP contribution in [0.5, 0.6) is 5.75 Å². The van der Waals surface area contributed by atoms with Crippen LogP contribution in [0.15, 0.2) is 60.7 Å². The first kappa shape index (κ1) is 18.7. The van der Waals surface area contributed by atoms with Gasteiger partial charge in [0.05, 0.1) is 20.2 Å². The molecule has 6 heteroatoms. The molecule has 0 amide bonds. The van der Waals surface area contributed by atoms with Gasteiger partial charge in [-0.25, -0.2) is 0 Å². The molecule has 2 heterocycles. The van der Waals surface area contributed by atoms with Gasteiger partial charge in [0.15, 0.2) is 12.5 Å². The van der Waals surface area contributed by atoms with E-state index in [4.69, 9.17) is 22.1 Å². The van der Waals surface area contributed by atoms with Crippen LogP contribution in [0, 0.1) is 4.77 Å². The predicted molar refractivity (Wildman–Crippen MR) is 114 cm³/mol. The lowest BCUT2D eigenvalue weighted by atomic mass is 10.00. The van der Waals surface area contributed by atoms with E-state index in [1.807, 2.05) is 40.6 Å². The highest BCUT2D eigenvalue weighted by atomic mass is 32.1. The molecule has 0 fully saturated rings. The first-order valence-corrected chi connectivity index (χ1v) is 9.93. The molecule has 3 aromatic rings. The number of aromatic nitrogens is 3. The van der Waals surface area contributed by atoms with Crippen molar-refractivity contribution < 1.29 is 9.64 Å². The van der Waals surface area contributed by atoms with E-state index in [-0.39, 0.29) is 0 Å². The second-order valence-corrected chi connectivity index (χ2v) is 7.47. The third-order valence-corrected chi connectivity index (χ3v) is 5.78. The molecule has 5 nitrogen and oxygen atoms in total. The van der Waals surface area contributed by atoms with Crippen molar-refractivity contribution in [2.45, 2.75) is 13.1 Å². The van der Waals surface area contributed by atoms with Crippen LogP contribution in [0.4, 0.5) is 0 Å². The van der Waals surface area contributed by atoms with Gasteiger partial charge in [-0.1, -0.05) is 30.3 Å². The predicted octanol–water partition coefficient (Wildman–Crippen LogP) is 2.96. The fourth-order valence-electron chi connectivity index (χ4n) is 3.64. The first-order valence-electron chi connectivity index (χ1n) is 9.52. The summed E-state index contributed by atoms with van der Waals surface area (Å²) in [7, 11) is 3.65. The topological polar surface area (TPSA) is 36.4 Å². The number of hydrogen-bond acceptors (Lipinski definition) is 3. The van der Waals surface area contributed by atoms with Crippen molar-refractivity contribution in [3.8, 4) is 17.1 Å². The summed E-state index contributed by atoms with van der Waals surface area (Å²) in [4.78, 5) is 1.47. The number of quaternary nitrogens is 1. The average molecular weight is 394 g/mol. The Kier molecular flexibility index (Phi) is 5.41. The number of nitrogens with one attached hydrogen (secondary N) is 1. The second kappa shape index (κ2) is 8.12. The highest BCUT2D eigenvalue weighted by Crippen LogP contribution is 2.21. The highest BCUT2D eigenvalue weighted by Gasteiger charge is 2.18. The molecule has 0 saturated heterocycles. The van der Waals surface area contributed by atoms with Crippen molar-refractivity contribution in [1.82, 2.24) is 14.3 Å². The van der Waals surface area contributed by atoms with E-state index < -0.39 is 0 Å². The van der Waals surface area contributed by atoms with Gasteiger partial charge in [0, 0.05) is 19.0 Å². The Labute approximate surface area is 170 Å². The summed E-state index contributed by atoms with van der Waals surface area (Å²) in [6.45, 7) is 2.85. The molecule has 2 aromatic carbocycles. The van der Waals surface area contributed by atoms with Crippen LogP contribution in [0.25, 0.3) is 17.0 Å². The quantitative estimate of drug-likeness (QED) is 0.677. The summed E-state index contributed by atoms with van der Waals surface area (Å²) in [5.41, 5.74) is 3.80. The number of hydrogen-bond donors (Lipinski definition) is 1. The molecule has 1 aromatic heterocycles. The molecule has 0 aliphatic carbocycles. The van der Waals surface area contributed by atoms with Gasteiger partial charge in [-0.15, -0.1) is 5.10 Å². The van der Waals surface area contributed by atoms with Gasteiger partial charge in [0.1, 0.15) is 5.75 Å². The van der Waals surface area contributed by atoms with Gasteiger partial charge < -0.3 is 14.2 Å². The zero-order valence-electron chi connectivity index (χ0n) is 16.3. The molecule has 1 unspecified atom stereocenters. The summed E-state index contributed by atoms with van der Waals surface area (Å²) >= 11 is 5.64. The molecule has 0 radical (unpaired) electrons. The Bertz CT molecular complexity index is 1030. The summed E-state index contributed by atoms with van der Waals surface area (Å²) < 4.78 is 9.92. The molecule has 1 atom stereocenters. The lowest BCUT2D eigenvalue weighted by molar-refractivity contribution is -0.918. The molecule has 144 valence electrons. The molecule has 4 rings (SSSR count). The number of rotatable bonds is 5. The van der Waals surface area contributed by atoms with Gasteiger partial charge in [-0.05, 0) is 53.7 Å². The van der Waals surface area contributed by atoms with Crippen LogP contribution >= 0.6 is 12.2 Å². The van der Waals surface area contributed by atoms with Gasteiger partial charge >= 0.3 is 0 Å². The fourth-order valence-corrected chi connectivity index (χ4v) is 3.83. The number of benzene rings is 2. The maximum Gasteiger partial charge on any atom is 0.202 e.